The number of benzene rings is 2. The lowest BCUT2D eigenvalue weighted by Gasteiger charge is -2.03. The molecule has 0 saturated carbocycles. The zero-order valence-corrected chi connectivity index (χ0v) is 12.9. The highest BCUT2D eigenvalue weighted by atomic mass is 35.5. The summed E-state index contributed by atoms with van der Waals surface area (Å²) in [6.07, 6.45) is 0. The van der Waals surface area contributed by atoms with E-state index >= 15 is 0 Å². The smallest absolute Gasteiger partial charge is 0.267 e. The first-order valence-corrected chi connectivity index (χ1v) is 7.32. The molecule has 5 nitrogen and oxygen atoms in total. The van der Waals surface area contributed by atoms with Gasteiger partial charge in [0.15, 0.2) is 5.65 Å². The number of nitrogens with zero attached hydrogens (tertiary/aromatic N) is 3. The van der Waals surface area contributed by atoms with Crippen LogP contribution in [0.2, 0.25) is 10.0 Å². The summed E-state index contributed by atoms with van der Waals surface area (Å²) in [7, 11) is 0. The summed E-state index contributed by atoms with van der Waals surface area (Å²) >= 11 is 12.0. The zero-order valence-electron chi connectivity index (χ0n) is 11.3. The van der Waals surface area contributed by atoms with Crippen molar-refractivity contribution in [2.24, 2.45) is 0 Å². The Morgan fingerprint density at radius 1 is 1.17 bits per heavy atom. The van der Waals surface area contributed by atoms with E-state index in [-0.39, 0.29) is 21.9 Å². The van der Waals surface area contributed by atoms with Crippen molar-refractivity contribution in [2.45, 2.75) is 0 Å². The molecule has 0 aliphatic heterocycles. The average molecular weight is 349 g/mol. The Balaban J connectivity index is 2.14. The molecule has 114 valence electrons. The Morgan fingerprint density at radius 3 is 2.78 bits per heavy atom. The highest BCUT2D eigenvalue weighted by Crippen LogP contribution is 2.31. The topological polar surface area (TPSA) is 63.0 Å². The number of rotatable bonds is 1. The molecule has 0 radical (unpaired) electrons. The van der Waals surface area contributed by atoms with Gasteiger partial charge in [0.05, 0.1) is 21.5 Å². The van der Waals surface area contributed by atoms with Crippen LogP contribution in [-0.4, -0.2) is 19.8 Å². The van der Waals surface area contributed by atoms with Crippen LogP contribution in [0.3, 0.4) is 0 Å². The second kappa shape index (κ2) is 5.04. The van der Waals surface area contributed by atoms with E-state index in [9.17, 15) is 9.18 Å². The Labute approximate surface area is 138 Å². The average Bonchev–Trinajstić information content (AvgIpc) is 2.91. The van der Waals surface area contributed by atoms with Gasteiger partial charge >= 0.3 is 0 Å². The third-order valence-corrected chi connectivity index (χ3v) is 4.07. The summed E-state index contributed by atoms with van der Waals surface area (Å²) in [5.74, 6) is -0.544. The maximum absolute atomic E-state index is 14.1. The van der Waals surface area contributed by atoms with Gasteiger partial charge < -0.3 is 0 Å². The largest absolute Gasteiger partial charge is 0.281 e. The Hall–Kier alpha value is -2.44. The second-order valence-corrected chi connectivity index (χ2v) is 5.74. The van der Waals surface area contributed by atoms with Crippen molar-refractivity contribution in [1.29, 1.82) is 0 Å². The Morgan fingerprint density at radius 2 is 2.00 bits per heavy atom. The first kappa shape index (κ1) is 14.2. The predicted molar refractivity (Wildman–Crippen MR) is 86.5 cm³/mol. The quantitative estimate of drug-likeness (QED) is 0.570. The summed E-state index contributed by atoms with van der Waals surface area (Å²) in [6, 6.07) is 9.14. The fraction of sp³-hybridized carbons (Fsp3) is 0. The van der Waals surface area contributed by atoms with Gasteiger partial charge in [0, 0.05) is 5.02 Å². The predicted octanol–water partition coefficient (Wildman–Crippen LogP) is 3.68. The third-order valence-electron chi connectivity index (χ3n) is 3.52. The normalized spacial score (nSPS) is 11.4. The fourth-order valence-electron chi connectivity index (χ4n) is 2.50. The minimum absolute atomic E-state index is 0.0909. The molecular weight excluding hydrogens is 342 g/mol. The summed E-state index contributed by atoms with van der Waals surface area (Å²) in [6.45, 7) is 0. The van der Waals surface area contributed by atoms with Gasteiger partial charge in [0.25, 0.3) is 5.56 Å². The highest BCUT2D eigenvalue weighted by Gasteiger charge is 2.19. The van der Waals surface area contributed by atoms with Crippen LogP contribution >= 0.6 is 23.2 Å². The van der Waals surface area contributed by atoms with Crippen LogP contribution in [0.4, 0.5) is 4.39 Å². The fourth-order valence-corrected chi connectivity index (χ4v) is 2.92. The summed E-state index contributed by atoms with van der Waals surface area (Å²) in [4.78, 5) is 16.2. The number of hydrogen-bond donors (Lipinski definition) is 1. The number of halogens is 3. The first-order valence-electron chi connectivity index (χ1n) is 6.57. The van der Waals surface area contributed by atoms with Crippen LogP contribution < -0.4 is 5.56 Å². The van der Waals surface area contributed by atoms with E-state index in [4.69, 9.17) is 23.2 Å². The second-order valence-electron chi connectivity index (χ2n) is 4.89. The lowest BCUT2D eigenvalue weighted by molar-refractivity contribution is 0.631. The molecule has 0 bridgehead atoms. The molecule has 2 aromatic heterocycles. The van der Waals surface area contributed by atoms with Crippen LogP contribution in [0.15, 0.2) is 41.2 Å². The molecule has 1 N–H and O–H groups in total. The van der Waals surface area contributed by atoms with E-state index in [1.54, 1.807) is 18.2 Å². The molecule has 23 heavy (non-hydrogen) atoms. The standard InChI is InChI=1S/C15H7Cl2FN4O/c16-7-4-5-11-8(6-7)15(23)19-14-13(20-21-22(11)14)12-9(17)2-1-3-10(12)18/h1-6,21H. The molecule has 4 rings (SSSR count). The molecule has 2 heterocycles. The van der Waals surface area contributed by atoms with E-state index < -0.39 is 11.4 Å². The maximum Gasteiger partial charge on any atom is 0.281 e. The van der Waals surface area contributed by atoms with Crippen molar-refractivity contribution >= 4 is 39.8 Å². The van der Waals surface area contributed by atoms with Gasteiger partial charge in [-0.2, -0.15) is 10.1 Å². The van der Waals surface area contributed by atoms with Gasteiger partial charge in [-0.3, -0.25) is 4.79 Å². The molecule has 0 spiro atoms. The van der Waals surface area contributed by atoms with Gasteiger partial charge in [0.1, 0.15) is 11.5 Å². The van der Waals surface area contributed by atoms with Crippen LogP contribution in [0.25, 0.3) is 27.8 Å². The van der Waals surface area contributed by atoms with Crippen LogP contribution in [0, 0.1) is 5.82 Å². The van der Waals surface area contributed by atoms with E-state index in [0.29, 0.717) is 15.9 Å². The van der Waals surface area contributed by atoms with Gasteiger partial charge in [-0.25, -0.2) is 14.1 Å². The van der Waals surface area contributed by atoms with Gasteiger partial charge in [-0.05, 0) is 30.3 Å². The SMILES string of the molecule is O=c1nc2c(-c3c(F)cccc3Cl)n[nH]n2c2ccc(Cl)cc12. The van der Waals surface area contributed by atoms with E-state index in [0.717, 1.165) is 0 Å². The monoisotopic (exact) mass is 348 g/mol. The van der Waals surface area contributed by atoms with Crippen molar-refractivity contribution in [3.8, 4) is 11.3 Å². The molecule has 0 atom stereocenters. The molecule has 0 unspecified atom stereocenters. The lowest BCUT2D eigenvalue weighted by atomic mass is 10.1. The number of hydrogen-bond acceptors (Lipinski definition) is 3. The Bertz CT molecular complexity index is 1120. The van der Waals surface area contributed by atoms with Crippen molar-refractivity contribution in [3.63, 3.8) is 0 Å². The number of aromatic nitrogens is 4. The number of aromatic amines is 1. The molecule has 0 saturated heterocycles. The summed E-state index contributed by atoms with van der Waals surface area (Å²) in [5.41, 5.74) is 0.514. The summed E-state index contributed by atoms with van der Waals surface area (Å²) in [5, 5.41) is 7.75. The van der Waals surface area contributed by atoms with Crippen molar-refractivity contribution in [1.82, 2.24) is 19.8 Å². The van der Waals surface area contributed by atoms with E-state index in [1.807, 2.05) is 0 Å². The van der Waals surface area contributed by atoms with Crippen molar-refractivity contribution < 1.29 is 4.39 Å². The minimum Gasteiger partial charge on any atom is -0.267 e. The zero-order chi connectivity index (χ0) is 16.1. The van der Waals surface area contributed by atoms with Crippen LogP contribution in [0.5, 0.6) is 0 Å². The van der Waals surface area contributed by atoms with Gasteiger partial charge in [-0.15, -0.1) is 0 Å². The van der Waals surface area contributed by atoms with Crippen molar-refractivity contribution in [3.05, 3.63) is 62.6 Å². The van der Waals surface area contributed by atoms with Gasteiger partial charge in [-0.1, -0.05) is 29.3 Å². The molecule has 2 aromatic carbocycles. The molecule has 8 heteroatoms. The number of nitrogens with one attached hydrogen (secondary N) is 1. The molecule has 0 amide bonds. The molecule has 0 fully saturated rings. The number of H-pyrrole nitrogens is 1. The lowest BCUT2D eigenvalue weighted by Crippen LogP contribution is -2.10. The highest BCUT2D eigenvalue weighted by molar-refractivity contribution is 6.33. The molecule has 0 aliphatic carbocycles. The number of fused-ring (bicyclic) bond motifs is 3. The van der Waals surface area contributed by atoms with Crippen LogP contribution in [-0.2, 0) is 0 Å². The minimum atomic E-state index is -0.544. The molecule has 4 aromatic rings. The maximum atomic E-state index is 14.1. The Kier molecular flexibility index (Phi) is 3.11. The van der Waals surface area contributed by atoms with Gasteiger partial charge in [0.2, 0.25) is 0 Å². The van der Waals surface area contributed by atoms with E-state index in [1.165, 1.54) is 22.7 Å². The third kappa shape index (κ3) is 2.10. The molecular formula is C15H7Cl2FN4O. The van der Waals surface area contributed by atoms with E-state index in [2.05, 4.69) is 15.3 Å². The summed E-state index contributed by atoms with van der Waals surface area (Å²) < 4.78 is 15.6. The first-order chi connectivity index (χ1) is 11.1. The van der Waals surface area contributed by atoms with Crippen molar-refractivity contribution in [2.75, 3.05) is 0 Å². The van der Waals surface area contributed by atoms with Crippen LogP contribution in [0.1, 0.15) is 0 Å². The molecule has 0 aliphatic rings.